The minimum Gasteiger partial charge on any atom is -0.479 e. The summed E-state index contributed by atoms with van der Waals surface area (Å²) in [6, 6.07) is 14.0. The molecule has 14 heteroatoms. The van der Waals surface area contributed by atoms with Crippen LogP contribution in [0.2, 0.25) is 0 Å². The lowest BCUT2D eigenvalue weighted by atomic mass is 9.63. The van der Waals surface area contributed by atoms with Crippen LogP contribution in [0.25, 0.3) is 16.7 Å². The molecule has 7 rings (SSSR count). The second kappa shape index (κ2) is 15.0. The van der Waals surface area contributed by atoms with E-state index in [0.717, 1.165) is 24.6 Å². The average molecular weight is 723 g/mol. The summed E-state index contributed by atoms with van der Waals surface area (Å²) in [6.07, 6.45) is 7.65. The lowest BCUT2D eigenvalue weighted by Crippen LogP contribution is -2.59. The van der Waals surface area contributed by atoms with E-state index in [-0.39, 0.29) is 35.5 Å². The van der Waals surface area contributed by atoms with Gasteiger partial charge in [0.25, 0.3) is 5.56 Å². The van der Waals surface area contributed by atoms with Crippen molar-refractivity contribution in [3.05, 3.63) is 65.1 Å². The normalized spacial score (nSPS) is 22.8. The van der Waals surface area contributed by atoms with Crippen molar-refractivity contribution in [2.24, 2.45) is 17.8 Å². The smallest absolute Gasteiger partial charge is 0.317 e. The Morgan fingerprint density at radius 1 is 0.981 bits per heavy atom. The molecule has 3 aliphatic rings. The van der Waals surface area contributed by atoms with Gasteiger partial charge in [-0.1, -0.05) is 13.0 Å². The molecule has 2 unspecified atom stereocenters. The number of anilines is 4. The predicted molar refractivity (Wildman–Crippen MR) is 206 cm³/mol. The molecule has 1 saturated heterocycles. The number of ether oxygens (including phenoxy) is 1. The van der Waals surface area contributed by atoms with E-state index in [9.17, 15) is 14.4 Å². The van der Waals surface area contributed by atoms with Crippen molar-refractivity contribution >= 4 is 46.1 Å². The van der Waals surface area contributed by atoms with Gasteiger partial charge < -0.3 is 35.4 Å². The lowest BCUT2D eigenvalue weighted by molar-refractivity contribution is -0.116. The summed E-state index contributed by atoms with van der Waals surface area (Å²) in [5.74, 6) is 3.43. The van der Waals surface area contributed by atoms with Gasteiger partial charge in [0.2, 0.25) is 17.7 Å². The number of nitrogens with zero attached hydrogens (tertiary/aromatic N) is 7. The van der Waals surface area contributed by atoms with Crippen LogP contribution in [0.3, 0.4) is 0 Å². The maximum atomic E-state index is 13.4. The van der Waals surface area contributed by atoms with Crippen LogP contribution in [-0.4, -0.2) is 101 Å². The van der Waals surface area contributed by atoms with Crippen LogP contribution >= 0.6 is 0 Å². The monoisotopic (exact) mass is 722 g/mol. The number of carbonyl (C=O) groups excluding carboxylic acids is 2. The summed E-state index contributed by atoms with van der Waals surface area (Å²) < 4.78 is 7.18. The minimum absolute atomic E-state index is 0.0329. The van der Waals surface area contributed by atoms with Crippen molar-refractivity contribution < 1.29 is 14.3 Å². The molecule has 3 N–H and O–H groups in total. The second-order valence-electron chi connectivity index (χ2n) is 15.6. The molecule has 3 amide bonds. The average Bonchev–Trinajstić information content (AvgIpc) is 3.10. The quantitative estimate of drug-likeness (QED) is 0.219. The van der Waals surface area contributed by atoms with E-state index in [1.165, 1.54) is 29.9 Å². The Bertz CT molecular complexity index is 2020. The molecule has 4 aromatic rings. The maximum absolute atomic E-state index is 13.4. The summed E-state index contributed by atoms with van der Waals surface area (Å²) in [4.78, 5) is 58.9. The number of hydrogen-bond acceptors (Lipinski definition) is 10. The van der Waals surface area contributed by atoms with Crippen molar-refractivity contribution in [2.45, 2.75) is 51.5 Å². The zero-order valence-corrected chi connectivity index (χ0v) is 31.3. The van der Waals surface area contributed by atoms with Crippen molar-refractivity contribution in [1.82, 2.24) is 34.6 Å². The number of hydrogen-bond donors (Lipinski definition) is 3. The van der Waals surface area contributed by atoms with Crippen molar-refractivity contribution in [2.75, 3.05) is 69.5 Å². The van der Waals surface area contributed by atoms with Crippen LogP contribution in [-0.2, 0) is 4.79 Å². The number of aromatic nitrogens is 4. The lowest BCUT2D eigenvalue weighted by Gasteiger charge is -2.48. The SMILES string of the molecule is COc1nc(N2CCN(C(=O)NC3(C)CC4CC(C)CC(C4)C3)CC2)ccc1Nc1ncc2ccc(=O)n(-c3cccc(NC(=O)CN(C)C)c3)c2n1. The largest absolute Gasteiger partial charge is 0.479 e. The molecule has 4 heterocycles. The van der Waals surface area contributed by atoms with Gasteiger partial charge in [-0.15, -0.1) is 0 Å². The Morgan fingerprint density at radius 3 is 2.45 bits per heavy atom. The molecular formula is C39H50N10O4. The van der Waals surface area contributed by atoms with Gasteiger partial charge in [0.15, 0.2) is 5.65 Å². The molecule has 0 radical (unpaired) electrons. The number of likely N-dealkylation sites (N-methyl/N-ethyl adjacent to an activating group) is 1. The highest BCUT2D eigenvalue weighted by molar-refractivity contribution is 5.92. The first-order chi connectivity index (χ1) is 25.4. The molecule has 0 spiro atoms. The molecule has 280 valence electrons. The highest BCUT2D eigenvalue weighted by atomic mass is 16.5. The number of piperazine rings is 1. The Balaban J connectivity index is 1.02. The van der Waals surface area contributed by atoms with E-state index in [1.54, 1.807) is 48.5 Å². The molecule has 14 nitrogen and oxygen atoms in total. The molecular weight excluding hydrogens is 672 g/mol. The number of fused-ring (bicyclic) bond motifs is 3. The summed E-state index contributed by atoms with van der Waals surface area (Å²) >= 11 is 0. The van der Waals surface area contributed by atoms with Crippen LogP contribution in [0.15, 0.2) is 59.5 Å². The number of nitrogens with one attached hydrogen (secondary N) is 3. The topological polar surface area (TPSA) is 150 Å². The number of benzene rings is 1. The maximum Gasteiger partial charge on any atom is 0.317 e. The first kappa shape index (κ1) is 36.1. The number of methoxy groups -OCH3 is 1. The first-order valence-electron chi connectivity index (χ1n) is 18.5. The van der Waals surface area contributed by atoms with Gasteiger partial charge in [-0.2, -0.15) is 9.97 Å². The van der Waals surface area contributed by atoms with Crippen molar-refractivity contribution in [3.63, 3.8) is 0 Å². The van der Waals surface area contributed by atoms with Crippen LogP contribution in [0.1, 0.15) is 46.0 Å². The van der Waals surface area contributed by atoms with Crippen LogP contribution in [0.4, 0.5) is 27.9 Å². The third-order valence-electron chi connectivity index (χ3n) is 10.7. The number of carbonyl (C=O) groups is 2. The zero-order valence-electron chi connectivity index (χ0n) is 31.3. The van der Waals surface area contributed by atoms with E-state index >= 15 is 0 Å². The van der Waals surface area contributed by atoms with Crippen molar-refractivity contribution in [3.8, 4) is 11.6 Å². The Hall–Kier alpha value is -5.24. The van der Waals surface area contributed by atoms with Gasteiger partial charge in [-0.05, 0) is 107 Å². The molecule has 2 saturated carbocycles. The highest BCUT2D eigenvalue weighted by Crippen LogP contribution is 2.46. The van der Waals surface area contributed by atoms with Crippen LogP contribution in [0, 0.1) is 17.8 Å². The van der Waals surface area contributed by atoms with Gasteiger partial charge in [0.05, 0.1) is 19.3 Å². The third kappa shape index (κ3) is 8.22. The van der Waals surface area contributed by atoms with Gasteiger partial charge in [0.1, 0.15) is 11.5 Å². The summed E-state index contributed by atoms with van der Waals surface area (Å²) in [5, 5.41) is 10.2. The first-order valence-corrected chi connectivity index (χ1v) is 18.5. The minimum atomic E-state index is -0.278. The molecule has 53 heavy (non-hydrogen) atoms. The zero-order chi connectivity index (χ0) is 37.3. The molecule has 2 bridgehead atoms. The van der Waals surface area contributed by atoms with Gasteiger partial charge in [-0.25, -0.2) is 9.78 Å². The number of amides is 3. The fourth-order valence-electron chi connectivity index (χ4n) is 8.68. The van der Waals surface area contributed by atoms with Gasteiger partial charge in [-0.3, -0.25) is 14.2 Å². The second-order valence-corrected chi connectivity index (χ2v) is 15.6. The Labute approximate surface area is 309 Å². The van der Waals surface area contributed by atoms with Gasteiger partial charge in [0, 0.05) is 55.1 Å². The van der Waals surface area contributed by atoms with Crippen LogP contribution < -0.4 is 31.1 Å². The molecule has 1 aromatic carbocycles. The molecule has 3 fully saturated rings. The molecule has 2 aliphatic carbocycles. The summed E-state index contributed by atoms with van der Waals surface area (Å²) in [5.41, 5.74) is 1.66. The third-order valence-corrected chi connectivity index (χ3v) is 10.7. The fraction of sp³-hybridized carbons (Fsp3) is 0.487. The fourth-order valence-corrected chi connectivity index (χ4v) is 8.68. The number of urea groups is 1. The van der Waals surface area contributed by atoms with E-state index in [2.05, 4.69) is 39.7 Å². The molecule has 3 aromatic heterocycles. The van der Waals surface area contributed by atoms with E-state index < -0.39 is 0 Å². The molecule has 2 atom stereocenters. The Kier molecular flexibility index (Phi) is 10.2. The van der Waals surface area contributed by atoms with E-state index in [0.29, 0.717) is 72.0 Å². The van der Waals surface area contributed by atoms with Crippen LogP contribution in [0.5, 0.6) is 5.88 Å². The predicted octanol–water partition coefficient (Wildman–Crippen LogP) is 4.86. The molecule has 1 aliphatic heterocycles. The van der Waals surface area contributed by atoms with Gasteiger partial charge >= 0.3 is 6.03 Å². The Morgan fingerprint density at radius 2 is 1.74 bits per heavy atom. The van der Waals surface area contributed by atoms with Crippen molar-refractivity contribution in [1.29, 1.82) is 0 Å². The number of rotatable bonds is 9. The summed E-state index contributed by atoms with van der Waals surface area (Å²) in [6.45, 7) is 7.35. The highest BCUT2D eigenvalue weighted by Gasteiger charge is 2.42. The summed E-state index contributed by atoms with van der Waals surface area (Å²) in [7, 11) is 5.20. The van der Waals surface area contributed by atoms with E-state index in [1.807, 2.05) is 31.1 Å². The standard InChI is InChI=1S/C39H50N10O4/c1-25-17-26-19-27(18-25)22-39(2,21-26)45-38(52)48-15-13-47(14-16-48)32-11-10-31(36(43-32)53-5)42-37-40-23-28-9-12-34(51)49(35(28)44-37)30-8-6-7-29(20-30)41-33(50)24-46(3)4/h6-12,20,23,25-27H,13-19,21-22,24H2,1-5H3,(H,41,50)(H,45,52)(H,40,42,44). The van der Waals surface area contributed by atoms with E-state index in [4.69, 9.17) is 14.7 Å². The number of pyridine rings is 2.